The van der Waals surface area contributed by atoms with Crippen molar-refractivity contribution in [1.82, 2.24) is 9.55 Å². The van der Waals surface area contributed by atoms with Crippen molar-refractivity contribution in [3.05, 3.63) is 46.5 Å². The van der Waals surface area contributed by atoms with Gasteiger partial charge in [0.2, 0.25) is 0 Å². The number of hydrogen-bond donors (Lipinski definition) is 0. The molecule has 0 aliphatic heterocycles. The van der Waals surface area contributed by atoms with E-state index in [4.69, 9.17) is 4.74 Å². The molecular formula is C15H20N2O. The molecule has 0 amide bonds. The van der Waals surface area contributed by atoms with Crippen LogP contribution in [0.1, 0.15) is 28.2 Å². The molecule has 0 radical (unpaired) electrons. The van der Waals surface area contributed by atoms with E-state index in [1.165, 1.54) is 16.8 Å². The molecule has 2 rings (SSSR count). The predicted octanol–water partition coefficient (Wildman–Crippen LogP) is 3.17. The van der Waals surface area contributed by atoms with Crippen molar-refractivity contribution in [3.8, 4) is 5.75 Å². The van der Waals surface area contributed by atoms with E-state index >= 15 is 0 Å². The number of pyridine rings is 1. The molecule has 2 heterocycles. The van der Waals surface area contributed by atoms with Gasteiger partial charge in [-0.1, -0.05) is 0 Å². The van der Waals surface area contributed by atoms with Crippen LogP contribution in [-0.2, 0) is 6.54 Å². The highest BCUT2D eigenvalue weighted by molar-refractivity contribution is 5.31. The van der Waals surface area contributed by atoms with Gasteiger partial charge in [0.1, 0.15) is 5.75 Å². The fraction of sp³-hybridized carbons (Fsp3) is 0.400. The van der Waals surface area contributed by atoms with Crippen molar-refractivity contribution in [2.75, 3.05) is 7.11 Å². The van der Waals surface area contributed by atoms with E-state index in [9.17, 15) is 0 Å². The molecule has 3 heteroatoms. The monoisotopic (exact) mass is 244 g/mol. The highest BCUT2D eigenvalue weighted by Gasteiger charge is 2.07. The molecular weight excluding hydrogens is 224 g/mol. The van der Waals surface area contributed by atoms with Crippen LogP contribution >= 0.6 is 0 Å². The summed E-state index contributed by atoms with van der Waals surface area (Å²) >= 11 is 0. The normalized spacial score (nSPS) is 10.7. The summed E-state index contributed by atoms with van der Waals surface area (Å²) < 4.78 is 7.53. The van der Waals surface area contributed by atoms with Gasteiger partial charge in [0, 0.05) is 29.7 Å². The highest BCUT2D eigenvalue weighted by Crippen LogP contribution is 2.18. The molecule has 0 fully saturated rings. The zero-order valence-electron chi connectivity index (χ0n) is 11.7. The second-order valence-corrected chi connectivity index (χ2v) is 4.79. The van der Waals surface area contributed by atoms with E-state index in [1.54, 1.807) is 7.11 Å². The molecule has 0 bridgehead atoms. The first-order valence-corrected chi connectivity index (χ1v) is 6.15. The Kier molecular flexibility index (Phi) is 3.41. The van der Waals surface area contributed by atoms with Gasteiger partial charge in [-0.3, -0.25) is 4.98 Å². The van der Waals surface area contributed by atoms with Crippen molar-refractivity contribution in [2.24, 2.45) is 0 Å². The van der Waals surface area contributed by atoms with Gasteiger partial charge in [0.25, 0.3) is 0 Å². The summed E-state index contributed by atoms with van der Waals surface area (Å²) in [4.78, 5) is 4.56. The van der Waals surface area contributed by atoms with Crippen molar-refractivity contribution < 1.29 is 4.74 Å². The Bertz CT molecular complexity index is 570. The van der Waals surface area contributed by atoms with Crippen LogP contribution in [0.25, 0.3) is 0 Å². The molecule has 96 valence electrons. The third kappa shape index (κ3) is 2.40. The largest absolute Gasteiger partial charge is 0.497 e. The van der Waals surface area contributed by atoms with Crippen LogP contribution in [0.15, 0.2) is 18.3 Å². The number of methoxy groups -OCH3 is 1. The first-order valence-electron chi connectivity index (χ1n) is 6.15. The molecule has 0 N–H and O–H groups in total. The predicted molar refractivity (Wildman–Crippen MR) is 73.3 cm³/mol. The van der Waals surface area contributed by atoms with Crippen LogP contribution in [0, 0.1) is 27.7 Å². The molecule has 3 nitrogen and oxygen atoms in total. The molecule has 0 saturated heterocycles. The van der Waals surface area contributed by atoms with E-state index in [2.05, 4.69) is 36.5 Å². The first-order chi connectivity index (χ1) is 8.51. The molecule has 18 heavy (non-hydrogen) atoms. The summed E-state index contributed by atoms with van der Waals surface area (Å²) in [6.45, 7) is 9.23. The summed E-state index contributed by atoms with van der Waals surface area (Å²) in [5, 5.41) is 0. The molecule has 0 atom stereocenters. The minimum Gasteiger partial charge on any atom is -0.497 e. The number of aryl methyl sites for hydroxylation is 2. The third-order valence-electron chi connectivity index (χ3n) is 3.46. The van der Waals surface area contributed by atoms with E-state index in [-0.39, 0.29) is 0 Å². The SMILES string of the molecule is COc1cc(C)nc(Cn2cc(C)c(C)c2C)c1. The van der Waals surface area contributed by atoms with Gasteiger partial charge >= 0.3 is 0 Å². The van der Waals surface area contributed by atoms with Gasteiger partial charge in [0.15, 0.2) is 0 Å². The molecule has 2 aromatic heterocycles. The highest BCUT2D eigenvalue weighted by atomic mass is 16.5. The van der Waals surface area contributed by atoms with Crippen molar-refractivity contribution in [3.63, 3.8) is 0 Å². The number of nitrogens with zero attached hydrogens (tertiary/aromatic N) is 2. The summed E-state index contributed by atoms with van der Waals surface area (Å²) in [6.07, 6.45) is 2.18. The van der Waals surface area contributed by atoms with Crippen LogP contribution in [0.3, 0.4) is 0 Å². The number of aromatic nitrogens is 2. The van der Waals surface area contributed by atoms with Crippen LogP contribution in [0.2, 0.25) is 0 Å². The Balaban J connectivity index is 2.33. The van der Waals surface area contributed by atoms with Crippen molar-refractivity contribution in [2.45, 2.75) is 34.2 Å². The van der Waals surface area contributed by atoms with Crippen LogP contribution < -0.4 is 4.74 Å². The molecule has 0 aromatic carbocycles. The van der Waals surface area contributed by atoms with Crippen LogP contribution in [-0.4, -0.2) is 16.7 Å². The minimum atomic E-state index is 0.790. The molecule has 2 aromatic rings. The number of rotatable bonds is 3. The standard InChI is InChI=1S/C15H20N2O/c1-10-8-17(13(4)12(10)3)9-14-7-15(18-5)6-11(2)16-14/h6-8H,9H2,1-5H3. The lowest BCUT2D eigenvalue weighted by Crippen LogP contribution is -2.04. The Morgan fingerprint density at radius 1 is 1.17 bits per heavy atom. The lowest BCUT2D eigenvalue weighted by atomic mass is 10.2. The number of hydrogen-bond acceptors (Lipinski definition) is 2. The van der Waals surface area contributed by atoms with Gasteiger partial charge in [-0.05, 0) is 38.8 Å². The maximum absolute atomic E-state index is 5.28. The molecule has 0 spiro atoms. The van der Waals surface area contributed by atoms with E-state index in [0.717, 1.165) is 23.7 Å². The smallest absolute Gasteiger partial charge is 0.122 e. The average Bonchev–Trinajstić information content (AvgIpc) is 2.56. The summed E-state index contributed by atoms with van der Waals surface area (Å²) in [7, 11) is 1.69. The van der Waals surface area contributed by atoms with Gasteiger partial charge in [-0.15, -0.1) is 0 Å². The lowest BCUT2D eigenvalue weighted by molar-refractivity contribution is 0.413. The summed E-state index contributed by atoms with van der Waals surface area (Å²) in [5.41, 5.74) is 6.00. The van der Waals surface area contributed by atoms with Crippen molar-refractivity contribution in [1.29, 1.82) is 0 Å². The zero-order valence-corrected chi connectivity index (χ0v) is 11.7. The Morgan fingerprint density at radius 2 is 1.89 bits per heavy atom. The molecule has 0 unspecified atom stereocenters. The minimum absolute atomic E-state index is 0.790. The van der Waals surface area contributed by atoms with E-state index < -0.39 is 0 Å². The fourth-order valence-electron chi connectivity index (χ4n) is 2.17. The van der Waals surface area contributed by atoms with Gasteiger partial charge in [0.05, 0.1) is 19.3 Å². The summed E-state index contributed by atoms with van der Waals surface area (Å²) in [6, 6.07) is 3.94. The Hall–Kier alpha value is -1.77. The third-order valence-corrected chi connectivity index (χ3v) is 3.46. The zero-order chi connectivity index (χ0) is 13.3. The van der Waals surface area contributed by atoms with E-state index in [0.29, 0.717) is 0 Å². The lowest BCUT2D eigenvalue weighted by Gasteiger charge is -2.09. The summed E-state index contributed by atoms with van der Waals surface area (Å²) in [5.74, 6) is 0.871. The van der Waals surface area contributed by atoms with Gasteiger partial charge in [-0.2, -0.15) is 0 Å². The second kappa shape index (κ2) is 4.84. The Morgan fingerprint density at radius 3 is 2.44 bits per heavy atom. The van der Waals surface area contributed by atoms with Crippen LogP contribution in [0.5, 0.6) is 5.75 Å². The molecule has 0 aliphatic carbocycles. The Labute approximate surface area is 108 Å². The van der Waals surface area contributed by atoms with Crippen molar-refractivity contribution >= 4 is 0 Å². The average molecular weight is 244 g/mol. The maximum atomic E-state index is 5.28. The van der Waals surface area contributed by atoms with Gasteiger partial charge < -0.3 is 9.30 Å². The molecule has 0 saturated carbocycles. The second-order valence-electron chi connectivity index (χ2n) is 4.79. The molecule has 0 aliphatic rings. The topological polar surface area (TPSA) is 27.1 Å². The van der Waals surface area contributed by atoms with Gasteiger partial charge in [-0.25, -0.2) is 0 Å². The quantitative estimate of drug-likeness (QED) is 0.829. The number of ether oxygens (including phenoxy) is 1. The first kappa shape index (κ1) is 12.7. The van der Waals surface area contributed by atoms with Crippen LogP contribution in [0.4, 0.5) is 0 Å². The van der Waals surface area contributed by atoms with E-state index in [1.807, 2.05) is 19.1 Å². The maximum Gasteiger partial charge on any atom is 0.122 e. The fourth-order valence-corrected chi connectivity index (χ4v) is 2.17.